The van der Waals surface area contributed by atoms with Crippen LogP contribution < -0.4 is 14.4 Å². The van der Waals surface area contributed by atoms with Gasteiger partial charge in [-0.1, -0.05) is 30.3 Å². The summed E-state index contributed by atoms with van der Waals surface area (Å²) >= 11 is 0. The second-order valence-electron chi connectivity index (χ2n) is 8.71. The first-order valence-corrected chi connectivity index (χ1v) is 11.5. The maximum absolute atomic E-state index is 13.2. The topological polar surface area (TPSA) is 67.9 Å². The maximum atomic E-state index is 13.2. The number of fused-ring (bicyclic) bond motifs is 3. The van der Waals surface area contributed by atoms with E-state index < -0.39 is 11.6 Å². The van der Waals surface area contributed by atoms with Crippen LogP contribution in [0.4, 0.5) is 11.4 Å². The zero-order valence-electron chi connectivity index (χ0n) is 19.5. The number of benzene rings is 2. The molecule has 2 aromatic carbocycles. The molecular formula is C26H29N4O4+. The van der Waals surface area contributed by atoms with Gasteiger partial charge in [-0.3, -0.25) is 9.69 Å². The molecule has 0 bridgehead atoms. The highest BCUT2D eigenvalue weighted by atomic mass is 16.5. The molecule has 8 nitrogen and oxygen atoms in total. The lowest BCUT2D eigenvalue weighted by Gasteiger charge is -2.41. The van der Waals surface area contributed by atoms with E-state index in [1.807, 2.05) is 64.1 Å². The van der Waals surface area contributed by atoms with Crippen LogP contribution in [-0.2, 0) is 33.5 Å². The minimum Gasteiger partial charge on any atom is -0.458 e. The Morgan fingerprint density at radius 3 is 2.65 bits per heavy atom. The molecule has 0 aliphatic carbocycles. The quantitative estimate of drug-likeness (QED) is 0.381. The van der Waals surface area contributed by atoms with Crippen LogP contribution in [-0.4, -0.2) is 43.3 Å². The second kappa shape index (κ2) is 8.95. The largest absolute Gasteiger partial charge is 0.458 e. The van der Waals surface area contributed by atoms with Gasteiger partial charge in [0.25, 0.3) is 0 Å². The van der Waals surface area contributed by atoms with Gasteiger partial charge in [0, 0.05) is 26.5 Å². The Hall–Kier alpha value is -3.65. The van der Waals surface area contributed by atoms with Crippen molar-refractivity contribution in [3.8, 4) is 0 Å². The molecular weight excluding hydrogens is 432 g/mol. The lowest BCUT2D eigenvalue weighted by atomic mass is 9.95. The molecule has 0 saturated carbocycles. The first kappa shape index (κ1) is 22.2. The first-order chi connectivity index (χ1) is 16.5. The van der Waals surface area contributed by atoms with Crippen molar-refractivity contribution in [2.24, 2.45) is 7.05 Å². The van der Waals surface area contributed by atoms with Crippen LogP contribution in [0.1, 0.15) is 28.8 Å². The van der Waals surface area contributed by atoms with Crippen molar-refractivity contribution in [3.63, 3.8) is 0 Å². The van der Waals surface area contributed by atoms with Gasteiger partial charge in [0.15, 0.2) is 0 Å². The van der Waals surface area contributed by atoms with Crippen molar-refractivity contribution in [3.05, 3.63) is 78.4 Å². The average molecular weight is 462 g/mol. The molecule has 1 unspecified atom stereocenters. The number of methoxy groups -OCH3 is 1. The predicted octanol–water partition coefficient (Wildman–Crippen LogP) is 2.62. The maximum Gasteiger partial charge on any atom is 0.338 e. The van der Waals surface area contributed by atoms with Gasteiger partial charge in [0.1, 0.15) is 31.2 Å². The lowest BCUT2D eigenvalue weighted by Crippen LogP contribution is -2.52. The zero-order valence-corrected chi connectivity index (χ0v) is 19.5. The molecule has 1 fully saturated rings. The number of imidazole rings is 1. The van der Waals surface area contributed by atoms with Crippen LogP contribution in [0.15, 0.2) is 67.3 Å². The van der Waals surface area contributed by atoms with Gasteiger partial charge in [-0.15, -0.1) is 0 Å². The number of nitrogens with zero attached hydrogens (tertiary/aromatic N) is 4. The van der Waals surface area contributed by atoms with Gasteiger partial charge in [-0.25, -0.2) is 13.9 Å². The molecule has 3 aromatic rings. The van der Waals surface area contributed by atoms with E-state index >= 15 is 0 Å². The normalized spacial score (nSPS) is 18.8. The van der Waals surface area contributed by atoms with Crippen LogP contribution in [0.25, 0.3) is 0 Å². The Balaban J connectivity index is 1.45. The van der Waals surface area contributed by atoms with Crippen LogP contribution in [0.5, 0.6) is 0 Å². The van der Waals surface area contributed by atoms with E-state index in [9.17, 15) is 9.59 Å². The van der Waals surface area contributed by atoms with E-state index in [4.69, 9.17) is 9.47 Å². The third-order valence-electron chi connectivity index (χ3n) is 6.66. The van der Waals surface area contributed by atoms with Crippen LogP contribution in [0.2, 0.25) is 0 Å². The summed E-state index contributed by atoms with van der Waals surface area (Å²) in [6, 6.07) is 15.6. The molecule has 2 aliphatic heterocycles. The van der Waals surface area contributed by atoms with Crippen LogP contribution >= 0.6 is 0 Å². The SMILES string of the molecule is COCCN1c2ccc(C(=O)OCCn3cc[n+](C)c3)cc2N2C(=O)CCC12c1ccccc1. The van der Waals surface area contributed by atoms with Crippen LogP contribution in [0, 0.1) is 0 Å². The van der Waals surface area contributed by atoms with Gasteiger partial charge < -0.3 is 14.4 Å². The highest BCUT2D eigenvalue weighted by Gasteiger charge is 2.57. The Labute approximate surface area is 198 Å². The number of hydrogen-bond acceptors (Lipinski definition) is 5. The monoisotopic (exact) mass is 461 g/mol. The molecule has 0 radical (unpaired) electrons. The Kier molecular flexibility index (Phi) is 5.83. The van der Waals surface area contributed by atoms with Crippen molar-refractivity contribution in [1.82, 2.24) is 4.57 Å². The molecule has 3 heterocycles. The number of carbonyl (C=O) groups is 2. The highest BCUT2D eigenvalue weighted by molar-refractivity contribution is 6.06. The number of carbonyl (C=O) groups excluding carboxylic acids is 2. The van der Waals surface area contributed by atoms with Gasteiger partial charge in [-0.05, 0) is 23.8 Å². The summed E-state index contributed by atoms with van der Waals surface area (Å²) in [4.78, 5) is 30.1. The number of aryl methyl sites for hydroxylation is 1. The number of anilines is 2. The van der Waals surface area contributed by atoms with Gasteiger partial charge >= 0.3 is 5.97 Å². The smallest absolute Gasteiger partial charge is 0.338 e. The molecule has 34 heavy (non-hydrogen) atoms. The molecule has 0 N–H and O–H groups in total. The third-order valence-corrected chi connectivity index (χ3v) is 6.66. The molecule has 1 amide bonds. The summed E-state index contributed by atoms with van der Waals surface area (Å²) in [6.45, 7) is 1.99. The van der Waals surface area contributed by atoms with Crippen molar-refractivity contribution >= 4 is 23.3 Å². The Bertz CT molecular complexity index is 1210. The summed E-state index contributed by atoms with van der Waals surface area (Å²) in [6.07, 6.45) is 6.91. The molecule has 1 saturated heterocycles. The predicted molar refractivity (Wildman–Crippen MR) is 126 cm³/mol. The minimum atomic E-state index is -0.619. The number of esters is 1. The summed E-state index contributed by atoms with van der Waals surface area (Å²) in [5.74, 6) is -0.345. The number of hydrogen-bond donors (Lipinski definition) is 0. The van der Waals surface area contributed by atoms with Crippen molar-refractivity contribution in [2.75, 3.05) is 36.7 Å². The van der Waals surface area contributed by atoms with Crippen LogP contribution in [0.3, 0.4) is 0 Å². The molecule has 176 valence electrons. The Morgan fingerprint density at radius 2 is 1.91 bits per heavy atom. The Morgan fingerprint density at radius 1 is 1.09 bits per heavy atom. The van der Waals surface area contributed by atoms with Crippen molar-refractivity contribution < 1.29 is 23.6 Å². The lowest BCUT2D eigenvalue weighted by molar-refractivity contribution is -0.671. The van der Waals surface area contributed by atoms with Gasteiger partial charge in [0.2, 0.25) is 12.2 Å². The number of aromatic nitrogens is 2. The summed E-state index contributed by atoms with van der Waals surface area (Å²) < 4.78 is 14.8. The second-order valence-corrected chi connectivity index (χ2v) is 8.71. The van der Waals surface area contributed by atoms with Gasteiger partial charge in [0.05, 0.1) is 30.6 Å². The fourth-order valence-electron chi connectivity index (χ4n) is 5.14. The molecule has 8 heteroatoms. The van der Waals surface area contributed by atoms with E-state index in [2.05, 4.69) is 17.0 Å². The summed E-state index contributed by atoms with van der Waals surface area (Å²) in [5.41, 5.74) is 2.54. The molecule has 2 aliphatic rings. The summed E-state index contributed by atoms with van der Waals surface area (Å²) in [7, 11) is 3.62. The molecule has 1 atom stereocenters. The first-order valence-electron chi connectivity index (χ1n) is 11.5. The molecule has 0 spiro atoms. The number of ether oxygens (including phenoxy) is 2. The van der Waals surface area contributed by atoms with Crippen molar-refractivity contribution in [2.45, 2.75) is 25.0 Å². The zero-order chi connectivity index (χ0) is 23.7. The molecule has 5 rings (SSSR count). The van der Waals surface area contributed by atoms with E-state index in [1.165, 1.54) is 0 Å². The minimum absolute atomic E-state index is 0.0519. The number of amides is 1. The van der Waals surface area contributed by atoms with Crippen molar-refractivity contribution in [1.29, 1.82) is 0 Å². The van der Waals surface area contributed by atoms with E-state index in [1.54, 1.807) is 19.2 Å². The fourth-order valence-corrected chi connectivity index (χ4v) is 5.14. The standard InChI is InChI=1S/C26H29N4O4/c1-27-12-13-28(19-27)14-17-34-25(32)20-8-9-22-23(18-20)30-24(31)10-11-26(30,29(22)15-16-33-2)21-6-4-3-5-7-21/h3-9,12-13,18-19H,10-11,14-17H2,1-2H3/q+1. The molecule has 1 aromatic heterocycles. The van der Waals surface area contributed by atoms with Gasteiger partial charge in [-0.2, -0.15) is 0 Å². The van der Waals surface area contributed by atoms with E-state index in [0.29, 0.717) is 38.1 Å². The highest BCUT2D eigenvalue weighted by Crippen LogP contribution is 2.55. The number of rotatable bonds is 8. The van der Waals surface area contributed by atoms with E-state index in [0.717, 1.165) is 16.9 Å². The summed E-state index contributed by atoms with van der Waals surface area (Å²) in [5, 5.41) is 0. The fraction of sp³-hybridized carbons (Fsp3) is 0.346. The van der Waals surface area contributed by atoms with E-state index in [-0.39, 0.29) is 12.5 Å². The average Bonchev–Trinajstić information content (AvgIpc) is 3.51. The third kappa shape index (κ3) is 3.64.